The summed E-state index contributed by atoms with van der Waals surface area (Å²) in [5, 5.41) is 2.83. The second-order valence-electron chi connectivity index (χ2n) is 5.38. The van der Waals surface area contributed by atoms with Gasteiger partial charge in [-0.1, -0.05) is 26.2 Å². The average molecular weight is 244 g/mol. The van der Waals surface area contributed by atoms with Crippen molar-refractivity contribution in [3.05, 3.63) is 0 Å². The zero-order valence-electron chi connectivity index (χ0n) is 11.7. The molecule has 0 aromatic rings. The van der Waals surface area contributed by atoms with Crippen LogP contribution in [0.25, 0.3) is 0 Å². The van der Waals surface area contributed by atoms with Gasteiger partial charge in [0.25, 0.3) is 0 Å². The van der Waals surface area contributed by atoms with E-state index in [0.717, 1.165) is 12.8 Å². The summed E-state index contributed by atoms with van der Waals surface area (Å²) >= 11 is 0. The number of rotatable bonds is 8. The largest absolute Gasteiger partial charge is 0.374 e. The van der Waals surface area contributed by atoms with Crippen LogP contribution in [-0.4, -0.2) is 30.7 Å². The zero-order valence-corrected chi connectivity index (χ0v) is 11.7. The summed E-state index contributed by atoms with van der Waals surface area (Å²) in [5.74, 6) is -0.120. The van der Waals surface area contributed by atoms with Crippen molar-refractivity contribution in [1.82, 2.24) is 5.32 Å². The second-order valence-corrected chi connectivity index (χ2v) is 5.38. The van der Waals surface area contributed by atoms with Crippen LogP contribution in [-0.2, 0) is 9.53 Å². The normalized spacial score (nSPS) is 13.5. The molecular formula is C13H28N2O2. The van der Waals surface area contributed by atoms with E-state index in [0.29, 0.717) is 6.54 Å². The molecule has 0 aliphatic carbocycles. The molecule has 4 nitrogen and oxygen atoms in total. The van der Waals surface area contributed by atoms with Gasteiger partial charge in [0, 0.05) is 6.54 Å². The molecule has 0 radical (unpaired) electrons. The monoisotopic (exact) mass is 244 g/mol. The number of ether oxygens (including phenoxy) is 1. The quantitative estimate of drug-likeness (QED) is 0.640. The molecule has 0 spiro atoms. The van der Waals surface area contributed by atoms with Gasteiger partial charge >= 0.3 is 0 Å². The minimum Gasteiger partial charge on any atom is -0.374 e. The molecule has 0 aliphatic heterocycles. The minimum atomic E-state index is -0.569. The standard InChI is InChI=1S/C13H28N2O2/c1-5-6-7-8-9-15-12(16)11(14)10-17-13(2,3)4/h11H,5-10,14H2,1-4H3,(H,15,16)/t11-/m0/s1. The van der Waals surface area contributed by atoms with E-state index in [4.69, 9.17) is 10.5 Å². The SMILES string of the molecule is CCCCCCNC(=O)[C@@H](N)COC(C)(C)C. The van der Waals surface area contributed by atoms with Gasteiger partial charge in [-0.05, 0) is 27.2 Å². The average Bonchev–Trinajstić information content (AvgIpc) is 2.24. The minimum absolute atomic E-state index is 0.120. The van der Waals surface area contributed by atoms with Gasteiger partial charge in [0.2, 0.25) is 5.91 Å². The number of nitrogens with one attached hydrogen (secondary N) is 1. The topological polar surface area (TPSA) is 64.4 Å². The Morgan fingerprint density at radius 2 is 1.94 bits per heavy atom. The third-order valence-electron chi connectivity index (χ3n) is 2.36. The molecule has 0 aromatic heterocycles. The van der Waals surface area contributed by atoms with Crippen molar-refractivity contribution in [3.8, 4) is 0 Å². The molecular weight excluding hydrogens is 216 g/mol. The molecule has 0 aliphatic rings. The molecule has 17 heavy (non-hydrogen) atoms. The Kier molecular flexibility index (Phi) is 8.17. The molecule has 102 valence electrons. The van der Waals surface area contributed by atoms with Crippen molar-refractivity contribution in [2.24, 2.45) is 5.73 Å². The molecule has 0 fully saturated rings. The summed E-state index contributed by atoms with van der Waals surface area (Å²) in [6.07, 6.45) is 4.60. The van der Waals surface area contributed by atoms with Gasteiger partial charge in [0.05, 0.1) is 12.2 Å². The molecule has 0 aromatic carbocycles. The third kappa shape index (κ3) is 10.3. The van der Waals surface area contributed by atoms with Gasteiger partial charge in [-0.3, -0.25) is 4.79 Å². The van der Waals surface area contributed by atoms with E-state index in [2.05, 4.69) is 12.2 Å². The maximum Gasteiger partial charge on any atom is 0.239 e. The highest BCUT2D eigenvalue weighted by Gasteiger charge is 2.17. The smallest absolute Gasteiger partial charge is 0.239 e. The van der Waals surface area contributed by atoms with Crippen molar-refractivity contribution in [2.75, 3.05) is 13.2 Å². The molecule has 0 unspecified atom stereocenters. The van der Waals surface area contributed by atoms with E-state index in [1.54, 1.807) is 0 Å². The van der Waals surface area contributed by atoms with Crippen LogP contribution in [0.5, 0.6) is 0 Å². The summed E-state index contributed by atoms with van der Waals surface area (Å²) in [7, 11) is 0. The number of carbonyl (C=O) groups excluding carboxylic acids is 1. The lowest BCUT2D eigenvalue weighted by Crippen LogP contribution is -2.45. The van der Waals surface area contributed by atoms with Crippen LogP contribution in [0.15, 0.2) is 0 Å². The molecule has 0 bridgehead atoms. The molecule has 0 saturated heterocycles. The predicted molar refractivity (Wildman–Crippen MR) is 70.8 cm³/mol. The Balaban J connectivity index is 3.61. The number of amides is 1. The first-order valence-corrected chi connectivity index (χ1v) is 6.54. The van der Waals surface area contributed by atoms with Crippen molar-refractivity contribution in [1.29, 1.82) is 0 Å². The van der Waals surface area contributed by atoms with Gasteiger partial charge in [-0.15, -0.1) is 0 Å². The van der Waals surface area contributed by atoms with Crippen LogP contribution in [0.2, 0.25) is 0 Å². The summed E-state index contributed by atoms with van der Waals surface area (Å²) in [6, 6.07) is -0.569. The van der Waals surface area contributed by atoms with E-state index in [1.807, 2.05) is 20.8 Å². The van der Waals surface area contributed by atoms with Crippen molar-refractivity contribution in [3.63, 3.8) is 0 Å². The summed E-state index contributed by atoms with van der Waals surface area (Å²) in [4.78, 5) is 11.6. The van der Waals surface area contributed by atoms with Crippen LogP contribution in [0.4, 0.5) is 0 Å². The molecule has 4 heteroatoms. The Morgan fingerprint density at radius 3 is 2.47 bits per heavy atom. The predicted octanol–water partition coefficient (Wildman–Crippen LogP) is 1.83. The summed E-state index contributed by atoms with van der Waals surface area (Å²) in [6.45, 7) is 8.98. The van der Waals surface area contributed by atoms with Crippen LogP contribution in [0.1, 0.15) is 53.4 Å². The second kappa shape index (κ2) is 8.48. The number of carbonyl (C=O) groups is 1. The number of hydrogen-bond donors (Lipinski definition) is 2. The summed E-state index contributed by atoms with van der Waals surface area (Å²) in [5.41, 5.74) is 5.48. The van der Waals surface area contributed by atoms with E-state index in [9.17, 15) is 4.79 Å². The van der Waals surface area contributed by atoms with Crippen molar-refractivity contribution < 1.29 is 9.53 Å². The fourth-order valence-corrected chi connectivity index (χ4v) is 1.31. The van der Waals surface area contributed by atoms with Crippen LogP contribution in [0, 0.1) is 0 Å². The van der Waals surface area contributed by atoms with Crippen molar-refractivity contribution in [2.45, 2.75) is 65.0 Å². The van der Waals surface area contributed by atoms with E-state index < -0.39 is 6.04 Å². The first-order chi connectivity index (χ1) is 7.87. The Morgan fingerprint density at radius 1 is 1.29 bits per heavy atom. The van der Waals surface area contributed by atoms with Gasteiger partial charge in [0.15, 0.2) is 0 Å². The molecule has 3 N–H and O–H groups in total. The van der Waals surface area contributed by atoms with Gasteiger partial charge in [-0.2, -0.15) is 0 Å². The van der Waals surface area contributed by atoms with Gasteiger partial charge < -0.3 is 15.8 Å². The van der Waals surface area contributed by atoms with E-state index in [1.165, 1.54) is 12.8 Å². The lowest BCUT2D eigenvalue weighted by Gasteiger charge is -2.22. The molecule has 1 amide bonds. The van der Waals surface area contributed by atoms with Crippen LogP contribution in [0.3, 0.4) is 0 Å². The highest BCUT2D eigenvalue weighted by Crippen LogP contribution is 2.06. The maximum absolute atomic E-state index is 11.6. The first-order valence-electron chi connectivity index (χ1n) is 6.54. The Labute approximate surface area is 105 Å². The maximum atomic E-state index is 11.6. The lowest BCUT2D eigenvalue weighted by molar-refractivity contribution is -0.125. The molecule has 0 rings (SSSR count). The third-order valence-corrected chi connectivity index (χ3v) is 2.36. The Hall–Kier alpha value is -0.610. The van der Waals surface area contributed by atoms with Gasteiger partial charge in [0.1, 0.15) is 6.04 Å². The van der Waals surface area contributed by atoms with Crippen LogP contribution < -0.4 is 11.1 Å². The highest BCUT2D eigenvalue weighted by molar-refractivity contribution is 5.81. The van der Waals surface area contributed by atoms with Crippen LogP contribution >= 0.6 is 0 Å². The molecule has 1 atom stereocenters. The van der Waals surface area contributed by atoms with Gasteiger partial charge in [-0.25, -0.2) is 0 Å². The first kappa shape index (κ1) is 16.4. The Bertz CT molecular complexity index is 212. The molecule has 0 heterocycles. The molecule has 0 saturated carbocycles. The zero-order chi connectivity index (χ0) is 13.3. The fourth-order valence-electron chi connectivity index (χ4n) is 1.31. The highest BCUT2D eigenvalue weighted by atomic mass is 16.5. The fraction of sp³-hybridized carbons (Fsp3) is 0.923. The number of unbranched alkanes of at least 4 members (excludes halogenated alkanes) is 3. The summed E-state index contributed by atoms with van der Waals surface area (Å²) < 4.78 is 5.47. The van der Waals surface area contributed by atoms with Crippen molar-refractivity contribution >= 4 is 5.91 Å². The van der Waals surface area contributed by atoms with E-state index in [-0.39, 0.29) is 18.1 Å². The number of hydrogen-bond acceptors (Lipinski definition) is 3. The number of nitrogens with two attached hydrogens (primary N) is 1. The lowest BCUT2D eigenvalue weighted by atomic mass is 10.2. The van der Waals surface area contributed by atoms with E-state index >= 15 is 0 Å².